The molecule has 2 aromatic heterocycles. The van der Waals surface area contributed by atoms with Crippen LogP contribution >= 0.6 is 0 Å². The minimum absolute atomic E-state index is 0.0929. The summed E-state index contributed by atoms with van der Waals surface area (Å²) < 4.78 is 3.35. The van der Waals surface area contributed by atoms with Gasteiger partial charge in [-0.2, -0.15) is 4.98 Å². The van der Waals surface area contributed by atoms with Crippen LogP contribution in [-0.2, 0) is 7.05 Å². The second-order valence-corrected chi connectivity index (χ2v) is 6.60. The molecule has 0 spiro atoms. The largest absolute Gasteiger partial charge is 0.340 e. The number of aryl methyl sites for hydroxylation is 1. The molecule has 1 atom stereocenters. The first kappa shape index (κ1) is 16.6. The zero-order chi connectivity index (χ0) is 18.3. The summed E-state index contributed by atoms with van der Waals surface area (Å²) in [5.41, 5.74) is 1.06. The van der Waals surface area contributed by atoms with Gasteiger partial charge >= 0.3 is 5.69 Å². The van der Waals surface area contributed by atoms with Crippen molar-refractivity contribution in [2.45, 2.75) is 13.0 Å². The minimum atomic E-state index is -0.452. The molecule has 2 N–H and O–H groups in total. The summed E-state index contributed by atoms with van der Waals surface area (Å²) in [7, 11) is 1.63. The molecule has 1 aromatic carbocycles. The Labute approximate surface area is 150 Å². The Morgan fingerprint density at radius 3 is 2.50 bits per heavy atom. The molecule has 3 aromatic rings. The highest BCUT2D eigenvalue weighted by molar-refractivity contribution is 5.75. The molecule has 0 saturated carbocycles. The molecule has 0 bridgehead atoms. The van der Waals surface area contributed by atoms with Crippen LogP contribution in [-0.4, -0.2) is 45.3 Å². The highest BCUT2D eigenvalue weighted by atomic mass is 16.2. The van der Waals surface area contributed by atoms with Crippen molar-refractivity contribution in [3.05, 3.63) is 56.7 Å². The maximum Gasteiger partial charge on any atom is 0.329 e. The van der Waals surface area contributed by atoms with E-state index in [9.17, 15) is 9.59 Å². The van der Waals surface area contributed by atoms with E-state index in [4.69, 9.17) is 4.98 Å². The van der Waals surface area contributed by atoms with E-state index in [1.165, 1.54) is 4.57 Å². The van der Waals surface area contributed by atoms with Crippen LogP contribution in [0.1, 0.15) is 18.5 Å². The number of anilines is 1. The summed E-state index contributed by atoms with van der Waals surface area (Å²) in [5, 5.41) is 3.33. The predicted octanol–water partition coefficient (Wildman–Crippen LogP) is 0.442. The Kier molecular flexibility index (Phi) is 4.12. The van der Waals surface area contributed by atoms with E-state index in [1.54, 1.807) is 7.05 Å². The zero-order valence-electron chi connectivity index (χ0n) is 14.9. The number of hydrogen-bond acceptors (Lipinski definition) is 5. The van der Waals surface area contributed by atoms with Gasteiger partial charge in [-0.3, -0.25) is 18.9 Å². The molecule has 8 nitrogen and oxygen atoms in total. The van der Waals surface area contributed by atoms with Gasteiger partial charge in [0.2, 0.25) is 5.95 Å². The maximum atomic E-state index is 12.6. The second kappa shape index (κ2) is 6.45. The molecule has 4 rings (SSSR count). The van der Waals surface area contributed by atoms with Crippen LogP contribution in [0.2, 0.25) is 0 Å². The summed E-state index contributed by atoms with van der Waals surface area (Å²) in [5.74, 6) is 0.726. The number of nitrogens with one attached hydrogen (secondary N) is 2. The van der Waals surface area contributed by atoms with Gasteiger partial charge in [0.05, 0.1) is 6.04 Å². The molecule has 1 aliphatic rings. The standard InChI is InChI=1S/C18H22N6O2/c1-12(13-6-4-3-5-7-13)24-14-15(22(2)18(26)21-16(14)25)20-17(24)23-10-8-19-9-11-23/h3-7,12,19H,8-11H2,1-2H3,(H,21,25,26)/t12-/m1/s1. The van der Waals surface area contributed by atoms with Gasteiger partial charge in [0.25, 0.3) is 5.56 Å². The van der Waals surface area contributed by atoms with Crippen molar-refractivity contribution in [2.24, 2.45) is 7.05 Å². The van der Waals surface area contributed by atoms with E-state index >= 15 is 0 Å². The van der Waals surface area contributed by atoms with E-state index in [2.05, 4.69) is 15.2 Å². The molecule has 0 unspecified atom stereocenters. The van der Waals surface area contributed by atoms with Crippen LogP contribution in [0.4, 0.5) is 5.95 Å². The highest BCUT2D eigenvalue weighted by Crippen LogP contribution is 2.28. The van der Waals surface area contributed by atoms with Crippen molar-refractivity contribution >= 4 is 17.1 Å². The first-order chi connectivity index (χ1) is 12.6. The highest BCUT2D eigenvalue weighted by Gasteiger charge is 2.26. The van der Waals surface area contributed by atoms with Crippen molar-refractivity contribution < 1.29 is 0 Å². The van der Waals surface area contributed by atoms with Crippen LogP contribution in [0.3, 0.4) is 0 Å². The predicted molar refractivity (Wildman–Crippen MR) is 101 cm³/mol. The lowest BCUT2D eigenvalue weighted by Gasteiger charge is -2.30. The van der Waals surface area contributed by atoms with E-state index in [1.807, 2.05) is 41.8 Å². The van der Waals surface area contributed by atoms with Gasteiger partial charge in [0, 0.05) is 33.2 Å². The molecule has 3 heterocycles. The van der Waals surface area contributed by atoms with Crippen molar-refractivity contribution in [1.82, 2.24) is 24.4 Å². The maximum absolute atomic E-state index is 12.6. The average Bonchev–Trinajstić information content (AvgIpc) is 3.08. The van der Waals surface area contributed by atoms with E-state index < -0.39 is 11.2 Å². The van der Waals surface area contributed by atoms with E-state index in [0.29, 0.717) is 11.2 Å². The Hall–Kier alpha value is -2.87. The minimum Gasteiger partial charge on any atom is -0.340 e. The van der Waals surface area contributed by atoms with E-state index in [0.717, 1.165) is 37.7 Å². The van der Waals surface area contributed by atoms with Gasteiger partial charge in [-0.05, 0) is 12.5 Å². The first-order valence-corrected chi connectivity index (χ1v) is 8.80. The van der Waals surface area contributed by atoms with Gasteiger partial charge in [0.1, 0.15) is 0 Å². The third-order valence-corrected chi connectivity index (χ3v) is 5.00. The quantitative estimate of drug-likeness (QED) is 0.713. The first-order valence-electron chi connectivity index (χ1n) is 8.80. The average molecular weight is 354 g/mol. The normalized spacial score (nSPS) is 16.2. The number of fused-ring (bicyclic) bond motifs is 1. The summed E-state index contributed by atoms with van der Waals surface area (Å²) in [6.07, 6.45) is 0. The fourth-order valence-electron chi connectivity index (χ4n) is 3.53. The van der Waals surface area contributed by atoms with Crippen LogP contribution in [0.25, 0.3) is 11.2 Å². The van der Waals surface area contributed by atoms with Crippen LogP contribution in [0.5, 0.6) is 0 Å². The number of H-pyrrole nitrogens is 1. The number of hydrogen-bond donors (Lipinski definition) is 2. The summed E-state index contributed by atoms with van der Waals surface area (Å²) >= 11 is 0. The molecule has 1 fully saturated rings. The number of imidazole rings is 1. The SMILES string of the molecule is C[C@H](c1ccccc1)n1c(N2CCNCC2)nc2c1c(=O)[nH]c(=O)n2C. The molecule has 1 saturated heterocycles. The third-order valence-electron chi connectivity index (χ3n) is 5.00. The number of piperazine rings is 1. The van der Waals surface area contributed by atoms with Crippen molar-refractivity contribution in [3.63, 3.8) is 0 Å². The lowest BCUT2D eigenvalue weighted by atomic mass is 10.1. The smallest absolute Gasteiger partial charge is 0.329 e. The van der Waals surface area contributed by atoms with Crippen LogP contribution in [0, 0.1) is 0 Å². The van der Waals surface area contributed by atoms with Gasteiger partial charge < -0.3 is 10.2 Å². The second-order valence-electron chi connectivity index (χ2n) is 6.60. The van der Waals surface area contributed by atoms with Crippen molar-refractivity contribution in [1.29, 1.82) is 0 Å². The van der Waals surface area contributed by atoms with Crippen molar-refractivity contribution in [3.8, 4) is 0 Å². The summed E-state index contributed by atoms with van der Waals surface area (Å²) in [4.78, 5) is 33.9. The third kappa shape index (κ3) is 2.62. The number of benzene rings is 1. The van der Waals surface area contributed by atoms with E-state index in [-0.39, 0.29) is 6.04 Å². The Morgan fingerprint density at radius 2 is 1.81 bits per heavy atom. The van der Waals surface area contributed by atoms with Crippen LogP contribution in [0.15, 0.2) is 39.9 Å². The number of aromatic amines is 1. The Morgan fingerprint density at radius 1 is 1.12 bits per heavy atom. The monoisotopic (exact) mass is 354 g/mol. The van der Waals surface area contributed by atoms with Gasteiger partial charge in [0.15, 0.2) is 11.2 Å². The molecular formula is C18H22N6O2. The molecule has 1 aliphatic heterocycles. The zero-order valence-corrected chi connectivity index (χ0v) is 14.9. The molecule has 8 heteroatoms. The molecule has 0 amide bonds. The number of nitrogens with zero attached hydrogens (tertiary/aromatic N) is 4. The lowest BCUT2D eigenvalue weighted by molar-refractivity contribution is 0.557. The Balaban J connectivity index is 2.00. The fourth-order valence-corrected chi connectivity index (χ4v) is 3.53. The molecule has 26 heavy (non-hydrogen) atoms. The lowest BCUT2D eigenvalue weighted by Crippen LogP contribution is -2.44. The number of rotatable bonds is 3. The molecular weight excluding hydrogens is 332 g/mol. The Bertz CT molecular complexity index is 1040. The van der Waals surface area contributed by atoms with Gasteiger partial charge in [-0.1, -0.05) is 30.3 Å². The molecule has 0 radical (unpaired) electrons. The van der Waals surface area contributed by atoms with Crippen LogP contribution < -0.4 is 21.5 Å². The van der Waals surface area contributed by atoms with Crippen molar-refractivity contribution in [2.75, 3.05) is 31.1 Å². The molecule has 136 valence electrons. The fraction of sp³-hybridized carbons (Fsp3) is 0.389. The molecule has 0 aliphatic carbocycles. The van der Waals surface area contributed by atoms with Gasteiger partial charge in [-0.15, -0.1) is 0 Å². The number of aromatic nitrogens is 4. The summed E-state index contributed by atoms with van der Waals surface area (Å²) in [6.45, 7) is 5.37. The summed E-state index contributed by atoms with van der Waals surface area (Å²) in [6, 6.07) is 9.91. The van der Waals surface area contributed by atoms with Gasteiger partial charge in [-0.25, -0.2) is 4.79 Å². The topological polar surface area (TPSA) is 88.0 Å².